The fraction of sp³-hybridized carbons (Fsp3) is 0.308. The number of nitrogens with two attached hydrogens (primary N) is 3. The number of amidine groups is 1. The van der Waals surface area contributed by atoms with Gasteiger partial charge in [0.05, 0.1) is 5.84 Å². The maximum atomic E-state index is 13.1. The zero-order chi connectivity index (χ0) is 26.1. The molecule has 0 fully saturated rings. The third-order valence-corrected chi connectivity index (χ3v) is 5.75. The number of phenols is 1. The van der Waals surface area contributed by atoms with Crippen LogP contribution in [0.25, 0.3) is 10.9 Å². The predicted octanol–water partition coefficient (Wildman–Crippen LogP) is 1.81. The first-order valence-corrected chi connectivity index (χ1v) is 11.8. The molecule has 10 nitrogen and oxygen atoms in total. The van der Waals surface area contributed by atoms with Crippen molar-refractivity contribution in [1.29, 1.82) is 5.41 Å². The van der Waals surface area contributed by atoms with Gasteiger partial charge in [0, 0.05) is 36.8 Å². The Kier molecular flexibility index (Phi) is 9.04. The highest BCUT2D eigenvalue weighted by Crippen LogP contribution is 2.23. The lowest BCUT2D eigenvalue weighted by Crippen LogP contribution is -2.28. The Morgan fingerprint density at radius 1 is 1.00 bits per heavy atom. The van der Waals surface area contributed by atoms with Crippen LogP contribution >= 0.6 is 0 Å². The van der Waals surface area contributed by atoms with Gasteiger partial charge in [0.15, 0.2) is 11.7 Å². The van der Waals surface area contributed by atoms with E-state index in [9.17, 15) is 14.7 Å². The number of hydrogen-bond donors (Lipinski definition) is 6. The lowest BCUT2D eigenvalue weighted by Gasteiger charge is -2.12. The number of nitrogens with one attached hydrogen (secondary N) is 2. The minimum absolute atomic E-state index is 0.0772. The van der Waals surface area contributed by atoms with Gasteiger partial charge in [-0.05, 0) is 60.7 Å². The van der Waals surface area contributed by atoms with E-state index in [0.717, 1.165) is 34.9 Å². The smallest absolute Gasteiger partial charge is 0.267 e. The fourth-order valence-electron chi connectivity index (χ4n) is 3.98. The number of carbonyl (C=O) groups excluding carboxylic acids is 2. The van der Waals surface area contributed by atoms with Gasteiger partial charge in [0.1, 0.15) is 18.0 Å². The number of nitrogens with zero attached hydrogens (tertiary/aromatic N) is 2. The van der Waals surface area contributed by atoms with E-state index in [1.807, 2.05) is 41.0 Å². The van der Waals surface area contributed by atoms with Gasteiger partial charge in [-0.2, -0.15) is 0 Å². The summed E-state index contributed by atoms with van der Waals surface area (Å²) in [5, 5.41) is 20.7. The van der Waals surface area contributed by atoms with E-state index in [1.165, 1.54) is 0 Å². The van der Waals surface area contributed by atoms with E-state index in [1.54, 1.807) is 12.1 Å². The number of ketones is 1. The van der Waals surface area contributed by atoms with Crippen LogP contribution in [0.15, 0.2) is 53.5 Å². The molecule has 190 valence electrons. The number of aromatic nitrogens is 1. The monoisotopic (exact) mass is 491 g/mol. The standard InChI is InChI=1S/C26H33N7O3/c27-24(28)3-1-2-12-33-22-9-6-18(14-21(35)16-32-26(29)30)13-19(22)15-23(33)25(36)31-11-10-17-4-7-20(34)8-5-17/h4-9,13,15,34H,1-3,10-12,14,16H2,(H3,27,28)(H,31,36)(H4,29,30,32). The van der Waals surface area contributed by atoms with Crippen molar-refractivity contribution in [2.24, 2.45) is 22.2 Å². The van der Waals surface area contributed by atoms with Gasteiger partial charge in [-0.3, -0.25) is 15.0 Å². The zero-order valence-corrected chi connectivity index (χ0v) is 20.2. The Labute approximate surface area is 209 Å². The van der Waals surface area contributed by atoms with Crippen LogP contribution in [0.5, 0.6) is 5.75 Å². The first kappa shape index (κ1) is 26.3. The maximum absolute atomic E-state index is 13.1. The van der Waals surface area contributed by atoms with Crippen LogP contribution in [0.3, 0.4) is 0 Å². The molecule has 10 heteroatoms. The van der Waals surface area contributed by atoms with Crippen molar-refractivity contribution in [2.75, 3.05) is 13.1 Å². The second-order valence-corrected chi connectivity index (χ2v) is 8.69. The van der Waals surface area contributed by atoms with Crippen LogP contribution in [0.4, 0.5) is 0 Å². The summed E-state index contributed by atoms with van der Waals surface area (Å²) in [5.41, 5.74) is 19.3. The van der Waals surface area contributed by atoms with E-state index in [0.29, 0.717) is 31.6 Å². The summed E-state index contributed by atoms with van der Waals surface area (Å²) in [6, 6.07) is 14.4. The number of fused-ring (bicyclic) bond motifs is 1. The van der Waals surface area contributed by atoms with Gasteiger partial charge >= 0.3 is 0 Å². The summed E-state index contributed by atoms with van der Waals surface area (Å²) in [5.74, 6) is -0.0776. The van der Waals surface area contributed by atoms with Crippen molar-refractivity contribution in [1.82, 2.24) is 9.88 Å². The van der Waals surface area contributed by atoms with Gasteiger partial charge in [-0.25, -0.2) is 4.99 Å². The molecule has 1 heterocycles. The number of guanidine groups is 1. The minimum atomic E-state index is -0.193. The lowest BCUT2D eigenvalue weighted by molar-refractivity contribution is -0.117. The van der Waals surface area contributed by atoms with E-state index >= 15 is 0 Å². The Morgan fingerprint density at radius 2 is 1.72 bits per heavy atom. The molecule has 0 unspecified atom stereocenters. The van der Waals surface area contributed by atoms with Crippen molar-refractivity contribution in [3.8, 4) is 5.75 Å². The molecular weight excluding hydrogens is 458 g/mol. The molecule has 0 aliphatic rings. The molecule has 0 saturated carbocycles. The minimum Gasteiger partial charge on any atom is -0.508 e. The van der Waals surface area contributed by atoms with Crippen molar-refractivity contribution in [2.45, 2.75) is 38.6 Å². The quantitative estimate of drug-likeness (QED) is 0.120. The van der Waals surface area contributed by atoms with Gasteiger partial charge in [0.25, 0.3) is 5.91 Å². The summed E-state index contributed by atoms with van der Waals surface area (Å²) >= 11 is 0. The third kappa shape index (κ3) is 7.59. The molecule has 1 amide bonds. The molecule has 0 bridgehead atoms. The SMILES string of the molecule is N=C(N)CCCCn1c(C(=O)NCCc2ccc(O)cc2)cc2cc(CC(=O)CN=C(N)N)ccc21. The van der Waals surface area contributed by atoms with Crippen LogP contribution in [-0.2, 0) is 24.2 Å². The number of Topliss-reactive ketones (excluding diaryl/α,β-unsaturated/α-hetero) is 1. The van der Waals surface area contributed by atoms with E-state index in [-0.39, 0.29) is 42.2 Å². The summed E-state index contributed by atoms with van der Waals surface area (Å²) in [4.78, 5) is 29.1. The summed E-state index contributed by atoms with van der Waals surface area (Å²) in [7, 11) is 0. The molecule has 0 spiro atoms. The Morgan fingerprint density at radius 3 is 2.42 bits per heavy atom. The number of phenolic OH excluding ortho intramolecular Hbond substituents is 1. The first-order valence-electron chi connectivity index (χ1n) is 11.8. The average molecular weight is 492 g/mol. The Bertz CT molecular complexity index is 1260. The highest BCUT2D eigenvalue weighted by molar-refractivity contribution is 5.99. The van der Waals surface area contributed by atoms with Crippen LogP contribution in [0.2, 0.25) is 0 Å². The topological polar surface area (TPSA) is 186 Å². The maximum Gasteiger partial charge on any atom is 0.267 e. The van der Waals surface area contributed by atoms with Gasteiger partial charge in [-0.15, -0.1) is 0 Å². The zero-order valence-electron chi connectivity index (χ0n) is 20.2. The molecule has 9 N–H and O–H groups in total. The molecule has 0 saturated heterocycles. The normalized spacial score (nSPS) is 10.8. The molecular formula is C26H33N7O3. The summed E-state index contributed by atoms with van der Waals surface area (Å²) < 4.78 is 1.97. The molecule has 1 aromatic heterocycles. The van der Waals surface area contributed by atoms with Crippen LogP contribution in [0, 0.1) is 5.41 Å². The first-order chi connectivity index (χ1) is 17.2. The Balaban J connectivity index is 1.77. The molecule has 0 radical (unpaired) electrons. The molecule has 0 atom stereocenters. The molecule has 0 aliphatic heterocycles. The van der Waals surface area contributed by atoms with Gasteiger partial charge in [-0.1, -0.05) is 18.2 Å². The lowest BCUT2D eigenvalue weighted by atomic mass is 10.1. The molecule has 3 rings (SSSR count). The number of amides is 1. The Hall–Kier alpha value is -4.34. The molecule has 2 aromatic carbocycles. The average Bonchev–Trinajstić information content (AvgIpc) is 3.19. The third-order valence-electron chi connectivity index (χ3n) is 5.75. The number of unbranched alkanes of at least 4 members (excludes halogenated alkanes) is 1. The van der Waals surface area contributed by atoms with Crippen molar-refractivity contribution < 1.29 is 14.7 Å². The van der Waals surface area contributed by atoms with Crippen molar-refractivity contribution in [3.05, 3.63) is 65.4 Å². The van der Waals surface area contributed by atoms with Gasteiger partial charge < -0.3 is 32.2 Å². The van der Waals surface area contributed by atoms with E-state index < -0.39 is 0 Å². The highest BCUT2D eigenvalue weighted by atomic mass is 16.3. The van der Waals surface area contributed by atoms with Crippen molar-refractivity contribution in [3.63, 3.8) is 0 Å². The van der Waals surface area contributed by atoms with Crippen LogP contribution in [0.1, 0.15) is 40.9 Å². The predicted molar refractivity (Wildman–Crippen MR) is 141 cm³/mol. The number of benzene rings is 2. The molecule has 3 aromatic rings. The van der Waals surface area contributed by atoms with Gasteiger partial charge in [0.2, 0.25) is 0 Å². The highest BCUT2D eigenvalue weighted by Gasteiger charge is 2.16. The summed E-state index contributed by atoms with van der Waals surface area (Å²) in [6.45, 7) is 0.965. The number of rotatable bonds is 13. The number of hydrogen-bond acceptors (Lipinski definition) is 5. The molecule has 36 heavy (non-hydrogen) atoms. The van der Waals surface area contributed by atoms with Crippen LogP contribution in [-0.4, -0.2) is 46.2 Å². The fourth-order valence-corrected chi connectivity index (χ4v) is 3.98. The number of aliphatic imine (C=N–C) groups is 1. The number of aryl methyl sites for hydroxylation is 1. The van der Waals surface area contributed by atoms with E-state index in [4.69, 9.17) is 22.6 Å². The second-order valence-electron chi connectivity index (χ2n) is 8.69. The van der Waals surface area contributed by atoms with Crippen LogP contribution < -0.4 is 22.5 Å². The molecule has 0 aliphatic carbocycles. The second kappa shape index (κ2) is 12.4. The number of carbonyl (C=O) groups is 2. The van der Waals surface area contributed by atoms with Crippen molar-refractivity contribution >= 4 is 34.4 Å². The summed E-state index contributed by atoms with van der Waals surface area (Å²) in [6.07, 6.45) is 2.83. The number of aromatic hydroxyl groups is 1. The largest absolute Gasteiger partial charge is 0.508 e. The van der Waals surface area contributed by atoms with E-state index in [2.05, 4.69) is 10.3 Å².